The minimum atomic E-state index is 0.142. The number of aromatic nitrogens is 2. The number of carbonyl (C=O) groups excluding carboxylic acids is 1. The van der Waals surface area contributed by atoms with E-state index in [0.717, 1.165) is 22.6 Å². The van der Waals surface area contributed by atoms with Gasteiger partial charge in [0.2, 0.25) is 5.91 Å². The van der Waals surface area contributed by atoms with Gasteiger partial charge in [-0.25, -0.2) is 9.97 Å². The highest BCUT2D eigenvalue weighted by Crippen LogP contribution is 2.27. The summed E-state index contributed by atoms with van der Waals surface area (Å²) >= 11 is 1.60. The second kappa shape index (κ2) is 6.20. The van der Waals surface area contributed by atoms with Crippen LogP contribution in [0.4, 0.5) is 5.82 Å². The zero-order chi connectivity index (χ0) is 16.5. The standard InChI is InChI=1S/C18H18N4OS/c1-13-2-4-14(5-3-13)10-21-7-8-22(11-16(21)23)17-15-6-9-24-18(15)20-12-19-17/h2-6,9,12H,7-8,10-11H2,1H3. The summed E-state index contributed by atoms with van der Waals surface area (Å²) in [6, 6.07) is 10.4. The predicted octanol–water partition coefficient (Wildman–Crippen LogP) is 2.85. The van der Waals surface area contributed by atoms with Crippen LogP contribution < -0.4 is 4.90 Å². The highest BCUT2D eigenvalue weighted by Gasteiger charge is 2.26. The fraction of sp³-hybridized carbons (Fsp3) is 0.278. The Labute approximate surface area is 144 Å². The largest absolute Gasteiger partial charge is 0.345 e. The molecule has 5 nitrogen and oxygen atoms in total. The maximum absolute atomic E-state index is 12.6. The molecule has 0 bridgehead atoms. The van der Waals surface area contributed by atoms with Gasteiger partial charge in [0.05, 0.1) is 11.9 Å². The number of anilines is 1. The van der Waals surface area contributed by atoms with E-state index in [1.807, 2.05) is 16.3 Å². The number of aryl methyl sites for hydroxylation is 1. The third-order valence-electron chi connectivity index (χ3n) is 4.35. The van der Waals surface area contributed by atoms with Crippen LogP contribution in [-0.2, 0) is 11.3 Å². The number of hydrogen-bond donors (Lipinski definition) is 0. The number of rotatable bonds is 3. The van der Waals surface area contributed by atoms with Gasteiger partial charge in [0.15, 0.2) is 0 Å². The summed E-state index contributed by atoms with van der Waals surface area (Å²) in [4.78, 5) is 26.2. The van der Waals surface area contributed by atoms with Crippen LogP contribution >= 0.6 is 11.3 Å². The van der Waals surface area contributed by atoms with Gasteiger partial charge in [-0.3, -0.25) is 4.79 Å². The first kappa shape index (κ1) is 15.1. The molecule has 0 unspecified atom stereocenters. The van der Waals surface area contributed by atoms with Crippen LogP contribution in [0.5, 0.6) is 0 Å². The third kappa shape index (κ3) is 2.85. The number of amides is 1. The first-order valence-electron chi connectivity index (χ1n) is 7.97. The molecule has 1 fully saturated rings. The van der Waals surface area contributed by atoms with E-state index in [4.69, 9.17) is 0 Å². The third-order valence-corrected chi connectivity index (χ3v) is 5.17. The van der Waals surface area contributed by atoms with Crippen molar-refractivity contribution in [3.63, 3.8) is 0 Å². The first-order chi connectivity index (χ1) is 11.7. The molecule has 0 atom stereocenters. The van der Waals surface area contributed by atoms with Gasteiger partial charge in [0, 0.05) is 19.6 Å². The van der Waals surface area contributed by atoms with Gasteiger partial charge in [-0.05, 0) is 23.9 Å². The molecule has 0 aliphatic carbocycles. The van der Waals surface area contributed by atoms with Crippen molar-refractivity contribution in [1.82, 2.24) is 14.9 Å². The van der Waals surface area contributed by atoms with E-state index in [1.165, 1.54) is 11.1 Å². The molecule has 1 aliphatic heterocycles. The molecule has 1 aromatic carbocycles. The van der Waals surface area contributed by atoms with Gasteiger partial charge in [-0.2, -0.15) is 0 Å². The Kier molecular flexibility index (Phi) is 3.90. The molecule has 0 radical (unpaired) electrons. The van der Waals surface area contributed by atoms with Crippen molar-refractivity contribution >= 4 is 33.3 Å². The molecule has 3 heterocycles. The summed E-state index contributed by atoms with van der Waals surface area (Å²) < 4.78 is 0. The predicted molar refractivity (Wildman–Crippen MR) is 96.2 cm³/mol. The van der Waals surface area contributed by atoms with Gasteiger partial charge in [0.1, 0.15) is 17.0 Å². The Morgan fingerprint density at radius 1 is 1.12 bits per heavy atom. The van der Waals surface area contributed by atoms with Crippen molar-refractivity contribution in [3.05, 3.63) is 53.2 Å². The Bertz CT molecular complexity index is 874. The van der Waals surface area contributed by atoms with E-state index < -0.39 is 0 Å². The lowest BCUT2D eigenvalue weighted by molar-refractivity contribution is -0.131. The van der Waals surface area contributed by atoms with Crippen LogP contribution in [-0.4, -0.2) is 40.4 Å². The number of piperazine rings is 1. The number of carbonyl (C=O) groups is 1. The first-order valence-corrected chi connectivity index (χ1v) is 8.85. The van der Waals surface area contributed by atoms with E-state index >= 15 is 0 Å². The van der Waals surface area contributed by atoms with Crippen molar-refractivity contribution in [2.24, 2.45) is 0 Å². The van der Waals surface area contributed by atoms with E-state index in [2.05, 4.69) is 46.1 Å². The van der Waals surface area contributed by atoms with Crippen LogP contribution in [0.3, 0.4) is 0 Å². The summed E-state index contributed by atoms with van der Waals surface area (Å²) in [5.74, 6) is 1.01. The van der Waals surface area contributed by atoms with Gasteiger partial charge in [-0.15, -0.1) is 11.3 Å². The van der Waals surface area contributed by atoms with E-state index in [0.29, 0.717) is 19.6 Å². The summed E-state index contributed by atoms with van der Waals surface area (Å²) in [7, 11) is 0. The van der Waals surface area contributed by atoms with E-state index in [-0.39, 0.29) is 5.91 Å². The number of thiophene rings is 1. The molecule has 1 aliphatic rings. The normalized spacial score (nSPS) is 15.3. The summed E-state index contributed by atoms with van der Waals surface area (Å²) in [5.41, 5.74) is 2.41. The van der Waals surface area contributed by atoms with E-state index in [1.54, 1.807) is 17.7 Å². The van der Waals surface area contributed by atoms with Crippen LogP contribution in [0.1, 0.15) is 11.1 Å². The quantitative estimate of drug-likeness (QED) is 0.737. The number of fused-ring (bicyclic) bond motifs is 1. The maximum Gasteiger partial charge on any atom is 0.242 e. The van der Waals surface area contributed by atoms with Gasteiger partial charge < -0.3 is 9.80 Å². The second-order valence-electron chi connectivity index (χ2n) is 6.06. The molecule has 1 amide bonds. The molecule has 0 spiro atoms. The van der Waals surface area contributed by atoms with Gasteiger partial charge >= 0.3 is 0 Å². The molecule has 24 heavy (non-hydrogen) atoms. The maximum atomic E-state index is 12.6. The van der Waals surface area contributed by atoms with Crippen molar-refractivity contribution in [2.75, 3.05) is 24.5 Å². The van der Waals surface area contributed by atoms with Crippen molar-refractivity contribution < 1.29 is 4.79 Å². The fourth-order valence-electron chi connectivity index (χ4n) is 3.00. The summed E-state index contributed by atoms with van der Waals surface area (Å²) in [5, 5.41) is 3.04. The molecule has 122 valence electrons. The monoisotopic (exact) mass is 338 g/mol. The lowest BCUT2D eigenvalue weighted by atomic mass is 10.1. The minimum Gasteiger partial charge on any atom is -0.345 e. The number of nitrogens with zero attached hydrogens (tertiary/aromatic N) is 4. The van der Waals surface area contributed by atoms with Crippen LogP contribution in [0.2, 0.25) is 0 Å². The Balaban J connectivity index is 1.49. The minimum absolute atomic E-state index is 0.142. The van der Waals surface area contributed by atoms with Crippen molar-refractivity contribution in [1.29, 1.82) is 0 Å². The number of benzene rings is 1. The molecule has 4 rings (SSSR count). The molecule has 0 saturated carbocycles. The average molecular weight is 338 g/mol. The molecule has 1 saturated heterocycles. The second-order valence-corrected chi connectivity index (χ2v) is 6.95. The molecular weight excluding hydrogens is 320 g/mol. The Morgan fingerprint density at radius 2 is 1.96 bits per heavy atom. The highest BCUT2D eigenvalue weighted by molar-refractivity contribution is 7.16. The Morgan fingerprint density at radius 3 is 2.75 bits per heavy atom. The Hall–Kier alpha value is -2.47. The molecule has 2 aromatic heterocycles. The summed E-state index contributed by atoms with van der Waals surface area (Å²) in [6.07, 6.45) is 1.58. The van der Waals surface area contributed by atoms with Crippen molar-refractivity contribution in [3.8, 4) is 0 Å². The van der Waals surface area contributed by atoms with Crippen LogP contribution in [0.15, 0.2) is 42.0 Å². The van der Waals surface area contributed by atoms with Crippen LogP contribution in [0, 0.1) is 6.92 Å². The average Bonchev–Trinajstić information content (AvgIpc) is 3.07. The highest BCUT2D eigenvalue weighted by atomic mass is 32.1. The van der Waals surface area contributed by atoms with E-state index in [9.17, 15) is 4.79 Å². The van der Waals surface area contributed by atoms with Gasteiger partial charge in [-0.1, -0.05) is 29.8 Å². The SMILES string of the molecule is Cc1ccc(CN2CCN(c3ncnc4sccc34)CC2=O)cc1. The van der Waals surface area contributed by atoms with Crippen molar-refractivity contribution in [2.45, 2.75) is 13.5 Å². The fourth-order valence-corrected chi connectivity index (χ4v) is 3.73. The molecule has 3 aromatic rings. The topological polar surface area (TPSA) is 49.3 Å². The number of hydrogen-bond acceptors (Lipinski definition) is 5. The molecular formula is C18H18N4OS. The van der Waals surface area contributed by atoms with Gasteiger partial charge in [0.25, 0.3) is 0 Å². The lowest BCUT2D eigenvalue weighted by Crippen LogP contribution is -2.50. The molecule has 6 heteroatoms. The zero-order valence-electron chi connectivity index (χ0n) is 13.5. The smallest absolute Gasteiger partial charge is 0.242 e. The summed E-state index contributed by atoms with van der Waals surface area (Å²) in [6.45, 7) is 4.61. The lowest BCUT2D eigenvalue weighted by Gasteiger charge is -2.35. The molecule has 0 N–H and O–H groups in total. The van der Waals surface area contributed by atoms with Crippen LogP contribution in [0.25, 0.3) is 10.2 Å². The zero-order valence-corrected chi connectivity index (χ0v) is 14.3.